The Morgan fingerprint density at radius 2 is 1.93 bits per heavy atom. The van der Waals surface area contributed by atoms with Crippen molar-refractivity contribution in [3.63, 3.8) is 0 Å². The van der Waals surface area contributed by atoms with Crippen LogP contribution in [0, 0.1) is 5.41 Å². The third-order valence-corrected chi connectivity index (χ3v) is 5.05. The minimum atomic E-state index is -0.674. The number of nitrogens with zero attached hydrogens (tertiary/aromatic N) is 1. The van der Waals surface area contributed by atoms with E-state index < -0.39 is 5.60 Å². The average molecular weight is 290 g/mol. The van der Waals surface area contributed by atoms with Crippen molar-refractivity contribution < 1.29 is 5.11 Å². The predicted molar refractivity (Wildman–Crippen MR) is 66.0 cm³/mol. The zero-order chi connectivity index (χ0) is 11.1. The third-order valence-electron chi connectivity index (χ3n) is 3.30. The van der Waals surface area contributed by atoms with Crippen LogP contribution in [0.5, 0.6) is 0 Å². The lowest BCUT2D eigenvalue weighted by atomic mass is 9.71. The molecule has 0 radical (unpaired) electrons. The lowest BCUT2D eigenvalue weighted by molar-refractivity contribution is -0.0307. The summed E-state index contributed by atoms with van der Waals surface area (Å²) in [5.74, 6) is 0. The van der Waals surface area contributed by atoms with Crippen LogP contribution >= 0.6 is 27.3 Å². The quantitative estimate of drug-likeness (QED) is 0.855. The Hall–Kier alpha value is 0.0700. The Bertz CT molecular complexity index is 351. The fourth-order valence-corrected chi connectivity index (χ4v) is 3.43. The normalized spacial score (nSPS) is 24.0. The van der Waals surface area contributed by atoms with Crippen LogP contribution in [-0.2, 0) is 5.60 Å². The second kappa shape index (κ2) is 3.82. The maximum absolute atomic E-state index is 10.5. The number of hydrogen-bond acceptors (Lipinski definition) is 3. The Morgan fingerprint density at radius 1 is 1.33 bits per heavy atom. The largest absolute Gasteiger partial charge is 0.383 e. The third kappa shape index (κ3) is 2.43. The van der Waals surface area contributed by atoms with Crippen LogP contribution < -0.4 is 0 Å². The molecule has 0 aliphatic heterocycles. The van der Waals surface area contributed by atoms with E-state index in [1.54, 1.807) is 11.3 Å². The maximum Gasteiger partial charge on any atom is 0.126 e. The van der Waals surface area contributed by atoms with Gasteiger partial charge in [-0.2, -0.15) is 0 Å². The van der Waals surface area contributed by atoms with Crippen LogP contribution in [0.15, 0.2) is 9.98 Å². The summed E-state index contributed by atoms with van der Waals surface area (Å²) in [6, 6.07) is 0. The molecule has 1 fully saturated rings. The minimum absolute atomic E-state index is 0.376. The fraction of sp³-hybridized carbons (Fsp3) is 0.727. The Morgan fingerprint density at radius 3 is 2.40 bits per heavy atom. The monoisotopic (exact) mass is 289 g/mol. The number of hydrogen-bond donors (Lipinski definition) is 1. The summed E-state index contributed by atoms with van der Waals surface area (Å²) in [4.78, 5) is 4.34. The predicted octanol–water partition coefficient (Wildman–Crippen LogP) is 3.69. The van der Waals surface area contributed by atoms with Crippen LogP contribution in [0.2, 0.25) is 0 Å². The van der Waals surface area contributed by atoms with E-state index in [1.165, 1.54) is 0 Å². The first-order chi connectivity index (χ1) is 6.91. The Balaban J connectivity index is 2.16. The smallest absolute Gasteiger partial charge is 0.126 e. The molecule has 0 unspecified atom stereocenters. The zero-order valence-corrected chi connectivity index (χ0v) is 11.5. The first kappa shape index (κ1) is 11.6. The van der Waals surface area contributed by atoms with Gasteiger partial charge < -0.3 is 5.11 Å². The first-order valence-electron chi connectivity index (χ1n) is 5.25. The Kier molecular flexibility index (Phi) is 2.95. The van der Waals surface area contributed by atoms with Gasteiger partial charge in [0.25, 0.3) is 0 Å². The highest BCUT2D eigenvalue weighted by Crippen LogP contribution is 2.45. The molecular weight excluding hydrogens is 274 g/mol. The van der Waals surface area contributed by atoms with E-state index in [1.807, 2.05) is 5.38 Å². The second-order valence-electron chi connectivity index (χ2n) is 5.17. The molecule has 84 valence electrons. The van der Waals surface area contributed by atoms with E-state index in [9.17, 15) is 5.11 Å². The van der Waals surface area contributed by atoms with Crippen LogP contribution in [0.1, 0.15) is 44.5 Å². The van der Waals surface area contributed by atoms with Gasteiger partial charge in [0, 0.05) is 5.38 Å². The van der Waals surface area contributed by atoms with Gasteiger partial charge in [0.1, 0.15) is 15.2 Å². The molecular formula is C11H16BrNOS. The maximum atomic E-state index is 10.5. The highest BCUT2D eigenvalue weighted by molar-refractivity contribution is 9.10. The summed E-state index contributed by atoms with van der Waals surface area (Å²) < 4.78 is 0.834. The van der Waals surface area contributed by atoms with E-state index in [2.05, 4.69) is 34.8 Å². The van der Waals surface area contributed by atoms with Gasteiger partial charge in [-0.05, 0) is 47.0 Å². The standard InChI is InChI=1S/C11H16BrNOS/c1-10(2)3-5-11(14,6-4-10)9-13-8(12)7-15-9/h7,14H,3-6H2,1-2H3. The van der Waals surface area contributed by atoms with Gasteiger partial charge in [-0.1, -0.05) is 13.8 Å². The van der Waals surface area contributed by atoms with Crippen molar-refractivity contribution in [1.82, 2.24) is 4.98 Å². The van der Waals surface area contributed by atoms with Crippen molar-refractivity contribution in [3.8, 4) is 0 Å². The van der Waals surface area contributed by atoms with Crippen molar-refractivity contribution >= 4 is 27.3 Å². The summed E-state index contributed by atoms with van der Waals surface area (Å²) in [6.07, 6.45) is 3.81. The SMILES string of the molecule is CC1(C)CCC(O)(c2nc(Br)cs2)CC1. The van der Waals surface area contributed by atoms with Crippen molar-refractivity contribution in [2.75, 3.05) is 0 Å². The molecule has 2 rings (SSSR count). The highest BCUT2D eigenvalue weighted by Gasteiger charge is 2.39. The molecule has 1 N–H and O–H groups in total. The zero-order valence-electron chi connectivity index (χ0n) is 9.09. The van der Waals surface area contributed by atoms with Gasteiger partial charge in [0.15, 0.2) is 0 Å². The summed E-state index contributed by atoms with van der Waals surface area (Å²) in [7, 11) is 0. The summed E-state index contributed by atoms with van der Waals surface area (Å²) >= 11 is 4.88. The van der Waals surface area contributed by atoms with Gasteiger partial charge in [0.2, 0.25) is 0 Å². The Labute approximate surface area is 103 Å². The topological polar surface area (TPSA) is 33.1 Å². The van der Waals surface area contributed by atoms with Gasteiger partial charge in [-0.3, -0.25) is 0 Å². The fourth-order valence-electron chi connectivity index (χ4n) is 2.02. The number of rotatable bonds is 1. The van der Waals surface area contributed by atoms with Gasteiger partial charge in [-0.25, -0.2) is 4.98 Å². The van der Waals surface area contributed by atoms with Gasteiger partial charge in [-0.15, -0.1) is 11.3 Å². The van der Waals surface area contributed by atoms with Crippen LogP contribution in [0.4, 0.5) is 0 Å². The number of thiazole rings is 1. The van der Waals surface area contributed by atoms with Crippen molar-refractivity contribution in [2.24, 2.45) is 5.41 Å². The molecule has 4 heteroatoms. The molecule has 0 atom stereocenters. The molecule has 0 amide bonds. The van der Waals surface area contributed by atoms with E-state index >= 15 is 0 Å². The van der Waals surface area contributed by atoms with Crippen molar-refractivity contribution in [2.45, 2.75) is 45.1 Å². The molecule has 1 aromatic rings. The molecule has 0 aromatic carbocycles. The molecule has 1 heterocycles. The molecule has 0 saturated heterocycles. The van der Waals surface area contributed by atoms with Gasteiger partial charge >= 0.3 is 0 Å². The summed E-state index contributed by atoms with van der Waals surface area (Å²) in [6.45, 7) is 4.54. The van der Waals surface area contributed by atoms with Crippen LogP contribution in [-0.4, -0.2) is 10.1 Å². The number of aliphatic hydroxyl groups is 1. The van der Waals surface area contributed by atoms with E-state index in [0.29, 0.717) is 5.41 Å². The van der Waals surface area contributed by atoms with Crippen molar-refractivity contribution in [3.05, 3.63) is 15.0 Å². The molecule has 15 heavy (non-hydrogen) atoms. The minimum Gasteiger partial charge on any atom is -0.383 e. The van der Waals surface area contributed by atoms with Crippen LogP contribution in [0.3, 0.4) is 0 Å². The van der Waals surface area contributed by atoms with Crippen molar-refractivity contribution in [1.29, 1.82) is 0 Å². The first-order valence-corrected chi connectivity index (χ1v) is 6.93. The molecule has 1 aliphatic rings. The number of aromatic nitrogens is 1. The van der Waals surface area contributed by atoms with Gasteiger partial charge in [0.05, 0.1) is 0 Å². The van der Waals surface area contributed by atoms with Crippen LogP contribution in [0.25, 0.3) is 0 Å². The van der Waals surface area contributed by atoms with E-state index in [-0.39, 0.29) is 0 Å². The highest BCUT2D eigenvalue weighted by atomic mass is 79.9. The lowest BCUT2D eigenvalue weighted by Gasteiger charge is -2.38. The second-order valence-corrected chi connectivity index (χ2v) is 6.84. The average Bonchev–Trinajstić information content (AvgIpc) is 2.59. The summed E-state index contributed by atoms with van der Waals surface area (Å²) in [5, 5.41) is 13.3. The lowest BCUT2D eigenvalue weighted by Crippen LogP contribution is -2.34. The number of halogens is 1. The molecule has 0 spiro atoms. The molecule has 0 bridgehead atoms. The molecule has 1 aliphatic carbocycles. The van der Waals surface area contributed by atoms with E-state index in [4.69, 9.17) is 0 Å². The molecule has 2 nitrogen and oxygen atoms in total. The van der Waals surface area contributed by atoms with E-state index in [0.717, 1.165) is 35.3 Å². The molecule has 1 aromatic heterocycles. The summed E-state index contributed by atoms with van der Waals surface area (Å²) in [5.41, 5.74) is -0.299. The molecule has 1 saturated carbocycles.